The molecule has 0 bridgehead atoms. The summed E-state index contributed by atoms with van der Waals surface area (Å²) < 4.78 is 10.1. The van der Waals surface area contributed by atoms with Crippen molar-refractivity contribution >= 4 is 0 Å². The Hall–Kier alpha value is -2.28. The molecule has 0 aliphatic rings. The van der Waals surface area contributed by atoms with Crippen LogP contribution in [0.1, 0.15) is 5.89 Å². The SMILES string of the molecule is C=CCNCc1nc(-c2cc(OC)ncn2)no1. The Balaban J connectivity index is 2.10. The van der Waals surface area contributed by atoms with Gasteiger partial charge in [0, 0.05) is 12.6 Å². The molecule has 0 saturated carbocycles. The first-order valence-electron chi connectivity index (χ1n) is 5.34. The molecule has 2 rings (SSSR count). The zero-order valence-electron chi connectivity index (χ0n) is 9.96. The van der Waals surface area contributed by atoms with Gasteiger partial charge in [-0.05, 0) is 0 Å². The highest BCUT2D eigenvalue weighted by molar-refractivity contribution is 5.48. The first kappa shape index (κ1) is 12.2. The molecular weight excluding hydrogens is 234 g/mol. The molecule has 0 fully saturated rings. The van der Waals surface area contributed by atoms with Gasteiger partial charge >= 0.3 is 0 Å². The topological polar surface area (TPSA) is 86.0 Å². The molecule has 0 amide bonds. The van der Waals surface area contributed by atoms with Crippen molar-refractivity contribution in [3.05, 3.63) is 30.9 Å². The fourth-order valence-corrected chi connectivity index (χ4v) is 1.29. The summed E-state index contributed by atoms with van der Waals surface area (Å²) in [4.78, 5) is 12.2. The normalized spacial score (nSPS) is 10.3. The van der Waals surface area contributed by atoms with Crippen LogP contribution in [0.5, 0.6) is 5.88 Å². The zero-order chi connectivity index (χ0) is 12.8. The minimum absolute atomic E-state index is 0.408. The van der Waals surface area contributed by atoms with Crippen molar-refractivity contribution in [1.29, 1.82) is 0 Å². The molecule has 0 spiro atoms. The van der Waals surface area contributed by atoms with E-state index in [-0.39, 0.29) is 0 Å². The minimum atomic E-state index is 0.408. The number of nitrogens with one attached hydrogen (secondary N) is 1. The van der Waals surface area contributed by atoms with Crippen LogP contribution in [0, 0.1) is 0 Å². The van der Waals surface area contributed by atoms with Gasteiger partial charge in [0.05, 0.1) is 13.7 Å². The number of hydrogen-bond donors (Lipinski definition) is 1. The molecular formula is C11H13N5O2. The fraction of sp³-hybridized carbons (Fsp3) is 0.273. The molecule has 0 aliphatic heterocycles. The Kier molecular flexibility index (Phi) is 3.98. The van der Waals surface area contributed by atoms with E-state index in [0.717, 1.165) is 0 Å². The number of nitrogens with zero attached hydrogens (tertiary/aromatic N) is 4. The van der Waals surface area contributed by atoms with E-state index >= 15 is 0 Å². The quantitative estimate of drug-likeness (QED) is 0.597. The highest BCUT2D eigenvalue weighted by atomic mass is 16.5. The van der Waals surface area contributed by atoms with Crippen LogP contribution in [-0.4, -0.2) is 33.8 Å². The van der Waals surface area contributed by atoms with Crippen LogP contribution >= 0.6 is 0 Å². The summed E-state index contributed by atoms with van der Waals surface area (Å²) in [5.74, 6) is 1.35. The average Bonchev–Trinajstić information content (AvgIpc) is 2.88. The van der Waals surface area contributed by atoms with Crippen LogP contribution in [-0.2, 0) is 6.54 Å². The van der Waals surface area contributed by atoms with Crippen molar-refractivity contribution in [2.24, 2.45) is 0 Å². The van der Waals surface area contributed by atoms with Crippen LogP contribution < -0.4 is 10.1 Å². The van der Waals surface area contributed by atoms with Crippen molar-refractivity contribution in [1.82, 2.24) is 25.4 Å². The highest BCUT2D eigenvalue weighted by Gasteiger charge is 2.10. The molecule has 18 heavy (non-hydrogen) atoms. The van der Waals surface area contributed by atoms with Gasteiger partial charge in [-0.2, -0.15) is 4.98 Å². The molecule has 0 unspecified atom stereocenters. The third kappa shape index (κ3) is 2.89. The predicted octanol–water partition coefficient (Wildman–Crippen LogP) is 0.811. The molecule has 0 atom stereocenters. The number of hydrogen-bond acceptors (Lipinski definition) is 7. The first-order chi connectivity index (χ1) is 8.83. The van der Waals surface area contributed by atoms with Crippen LogP contribution in [0.4, 0.5) is 0 Å². The summed E-state index contributed by atoms with van der Waals surface area (Å²) in [5.41, 5.74) is 0.556. The van der Waals surface area contributed by atoms with E-state index in [4.69, 9.17) is 9.26 Å². The Morgan fingerprint density at radius 2 is 2.39 bits per heavy atom. The molecule has 7 heteroatoms. The van der Waals surface area contributed by atoms with E-state index in [9.17, 15) is 0 Å². The second-order valence-electron chi connectivity index (χ2n) is 3.38. The standard InChI is InChI=1S/C11H13N5O2/c1-3-4-12-6-10-15-11(16-18-10)8-5-9(17-2)14-7-13-8/h3,5,7,12H,1,4,6H2,2H3. The second kappa shape index (κ2) is 5.87. The summed E-state index contributed by atoms with van der Waals surface area (Å²) in [7, 11) is 1.53. The van der Waals surface area contributed by atoms with Crippen LogP contribution in [0.2, 0.25) is 0 Å². The maximum atomic E-state index is 5.08. The average molecular weight is 247 g/mol. The van der Waals surface area contributed by atoms with Gasteiger partial charge in [0.1, 0.15) is 12.0 Å². The number of methoxy groups -OCH3 is 1. The summed E-state index contributed by atoms with van der Waals surface area (Å²) in [5, 5.41) is 6.91. The van der Waals surface area contributed by atoms with Crippen LogP contribution in [0.25, 0.3) is 11.5 Å². The third-order valence-corrected chi connectivity index (χ3v) is 2.11. The Morgan fingerprint density at radius 1 is 1.50 bits per heavy atom. The molecule has 2 aromatic heterocycles. The number of ether oxygens (including phenoxy) is 1. The Labute approximate surface area is 104 Å². The van der Waals surface area contributed by atoms with Gasteiger partial charge in [-0.1, -0.05) is 11.2 Å². The van der Waals surface area contributed by atoms with E-state index in [1.54, 1.807) is 12.1 Å². The van der Waals surface area contributed by atoms with Gasteiger partial charge in [0.25, 0.3) is 0 Å². The maximum absolute atomic E-state index is 5.08. The molecule has 0 radical (unpaired) electrons. The van der Waals surface area contributed by atoms with Crippen molar-refractivity contribution in [3.8, 4) is 17.4 Å². The van der Waals surface area contributed by atoms with Crippen molar-refractivity contribution in [2.45, 2.75) is 6.54 Å². The Bertz CT molecular complexity index is 526. The smallest absolute Gasteiger partial charge is 0.240 e. The fourth-order valence-electron chi connectivity index (χ4n) is 1.29. The van der Waals surface area contributed by atoms with Crippen LogP contribution in [0.15, 0.2) is 29.6 Å². The van der Waals surface area contributed by atoms with Gasteiger partial charge in [0.2, 0.25) is 17.6 Å². The monoisotopic (exact) mass is 247 g/mol. The lowest BCUT2D eigenvalue weighted by Gasteiger charge is -1.97. The number of aromatic nitrogens is 4. The molecule has 0 saturated heterocycles. The lowest BCUT2D eigenvalue weighted by molar-refractivity contribution is 0.370. The summed E-state index contributed by atoms with van der Waals surface area (Å²) in [6, 6.07) is 1.64. The van der Waals surface area contributed by atoms with E-state index in [0.29, 0.717) is 36.4 Å². The largest absolute Gasteiger partial charge is 0.481 e. The summed E-state index contributed by atoms with van der Waals surface area (Å²) in [6.45, 7) is 4.77. The van der Waals surface area contributed by atoms with Gasteiger partial charge in [-0.25, -0.2) is 9.97 Å². The van der Waals surface area contributed by atoms with E-state index in [2.05, 4.69) is 32.0 Å². The lowest BCUT2D eigenvalue weighted by Crippen LogP contribution is -2.12. The van der Waals surface area contributed by atoms with Gasteiger partial charge in [0.15, 0.2) is 0 Å². The van der Waals surface area contributed by atoms with Crippen LogP contribution in [0.3, 0.4) is 0 Å². The molecule has 0 aromatic carbocycles. The zero-order valence-corrected chi connectivity index (χ0v) is 9.96. The third-order valence-electron chi connectivity index (χ3n) is 2.11. The van der Waals surface area contributed by atoms with Gasteiger partial charge in [-0.15, -0.1) is 6.58 Å². The van der Waals surface area contributed by atoms with Crippen molar-refractivity contribution < 1.29 is 9.26 Å². The molecule has 7 nitrogen and oxygen atoms in total. The second-order valence-corrected chi connectivity index (χ2v) is 3.38. The van der Waals surface area contributed by atoms with E-state index in [1.165, 1.54) is 13.4 Å². The maximum Gasteiger partial charge on any atom is 0.240 e. The predicted molar refractivity (Wildman–Crippen MR) is 63.8 cm³/mol. The summed E-state index contributed by atoms with van der Waals surface area (Å²) >= 11 is 0. The van der Waals surface area contributed by atoms with Crippen molar-refractivity contribution in [3.63, 3.8) is 0 Å². The molecule has 0 aliphatic carbocycles. The minimum Gasteiger partial charge on any atom is -0.481 e. The van der Waals surface area contributed by atoms with Gasteiger partial charge in [-0.3, -0.25) is 0 Å². The molecule has 1 N–H and O–H groups in total. The highest BCUT2D eigenvalue weighted by Crippen LogP contribution is 2.16. The molecule has 2 heterocycles. The lowest BCUT2D eigenvalue weighted by atomic mass is 10.4. The van der Waals surface area contributed by atoms with E-state index in [1.807, 2.05) is 0 Å². The Morgan fingerprint density at radius 3 is 3.17 bits per heavy atom. The first-order valence-corrected chi connectivity index (χ1v) is 5.34. The van der Waals surface area contributed by atoms with Crippen molar-refractivity contribution in [2.75, 3.05) is 13.7 Å². The molecule has 94 valence electrons. The summed E-state index contributed by atoms with van der Waals surface area (Å²) in [6.07, 6.45) is 3.15. The molecule has 2 aromatic rings. The van der Waals surface area contributed by atoms with Gasteiger partial charge < -0.3 is 14.6 Å². The number of rotatable bonds is 6. The van der Waals surface area contributed by atoms with E-state index < -0.39 is 0 Å².